The highest BCUT2D eigenvalue weighted by atomic mass is 19.4. The maximum Gasteiger partial charge on any atom is 0.416 e. The Hall–Kier alpha value is -3.90. The maximum absolute atomic E-state index is 14.0. The van der Waals surface area contributed by atoms with E-state index in [1.165, 1.54) is 24.2 Å². The molecule has 236 valence electrons. The lowest BCUT2D eigenvalue weighted by Gasteiger charge is -2.42. The number of nitrogens with zero attached hydrogens (tertiary/aromatic N) is 1. The van der Waals surface area contributed by atoms with Crippen molar-refractivity contribution in [2.75, 3.05) is 26.8 Å². The van der Waals surface area contributed by atoms with Crippen molar-refractivity contribution in [1.82, 2.24) is 10.2 Å². The van der Waals surface area contributed by atoms with Crippen LogP contribution < -0.4 is 14.8 Å². The first-order chi connectivity index (χ1) is 21.1. The molecule has 2 amide bonds. The van der Waals surface area contributed by atoms with Crippen molar-refractivity contribution in [3.8, 4) is 11.5 Å². The van der Waals surface area contributed by atoms with Gasteiger partial charge in [-0.25, -0.2) is 0 Å². The van der Waals surface area contributed by atoms with Gasteiger partial charge in [-0.3, -0.25) is 14.4 Å². The monoisotopic (exact) mass is 616 g/mol. The molecule has 0 spiro atoms. The Balaban J connectivity index is 1.59. The predicted octanol–water partition coefficient (Wildman–Crippen LogP) is 3.87. The van der Waals surface area contributed by atoms with Crippen molar-refractivity contribution in [2.24, 2.45) is 5.92 Å². The van der Waals surface area contributed by atoms with Crippen molar-refractivity contribution in [3.63, 3.8) is 0 Å². The van der Waals surface area contributed by atoms with Crippen molar-refractivity contribution in [2.45, 2.75) is 62.4 Å². The van der Waals surface area contributed by atoms with Crippen molar-refractivity contribution >= 4 is 18.1 Å². The smallest absolute Gasteiger partial charge is 0.416 e. The van der Waals surface area contributed by atoms with E-state index in [4.69, 9.17) is 9.47 Å². The number of rotatable bonds is 9. The zero-order valence-corrected chi connectivity index (χ0v) is 24.2. The van der Waals surface area contributed by atoms with Crippen molar-refractivity contribution < 1.29 is 47.2 Å². The number of hydrogen-bond acceptors (Lipinski definition) is 7. The van der Waals surface area contributed by atoms with Crippen LogP contribution in [0.2, 0.25) is 0 Å². The molecule has 1 fully saturated rings. The summed E-state index contributed by atoms with van der Waals surface area (Å²) >= 11 is 0. The molecule has 12 heteroatoms. The second-order valence-electron chi connectivity index (χ2n) is 11.4. The second-order valence-corrected chi connectivity index (χ2v) is 11.4. The number of amides is 2. The first kappa shape index (κ1) is 31.5. The minimum atomic E-state index is -4.57. The molecule has 1 heterocycles. The summed E-state index contributed by atoms with van der Waals surface area (Å²) in [5, 5.41) is 23.8. The van der Waals surface area contributed by atoms with E-state index in [2.05, 4.69) is 5.32 Å². The number of fused-ring (bicyclic) bond motifs is 3. The molecule has 3 aliphatic rings. The van der Waals surface area contributed by atoms with E-state index in [1.807, 2.05) is 0 Å². The SMILES string of the molecule is COc1cc(C=O)cc2c1O[C@@H]1[C@@H](O)[C@H](N(CC3CCCCC3)C(=O)c3ccc(C(F)(F)F)cc3)C=C(C(=O)NCCO)[C@H]21. The quantitative estimate of drug-likeness (QED) is 0.366. The van der Waals surface area contributed by atoms with Gasteiger partial charge >= 0.3 is 6.18 Å². The number of nitrogens with one attached hydrogen (secondary N) is 1. The number of aldehydes is 1. The molecule has 5 rings (SSSR count). The number of methoxy groups -OCH3 is 1. The summed E-state index contributed by atoms with van der Waals surface area (Å²) in [6, 6.07) is 5.88. The molecule has 1 saturated carbocycles. The lowest BCUT2D eigenvalue weighted by atomic mass is 9.76. The highest BCUT2D eigenvalue weighted by molar-refractivity contribution is 5.98. The summed E-state index contributed by atoms with van der Waals surface area (Å²) in [4.78, 5) is 40.7. The molecule has 2 aromatic carbocycles. The van der Waals surface area contributed by atoms with Gasteiger partial charge in [-0.2, -0.15) is 13.2 Å². The Morgan fingerprint density at radius 2 is 1.84 bits per heavy atom. The van der Waals surface area contributed by atoms with Gasteiger partial charge in [0.25, 0.3) is 5.91 Å². The Labute approximate surface area is 252 Å². The molecule has 2 aliphatic carbocycles. The fourth-order valence-corrected chi connectivity index (χ4v) is 6.51. The van der Waals surface area contributed by atoms with Gasteiger partial charge in [-0.1, -0.05) is 19.3 Å². The molecule has 0 radical (unpaired) electrons. The Kier molecular flexibility index (Phi) is 9.31. The van der Waals surface area contributed by atoms with Crippen LogP contribution in [0.1, 0.15) is 69.9 Å². The lowest BCUT2D eigenvalue weighted by molar-refractivity contribution is -0.137. The van der Waals surface area contributed by atoms with Crippen LogP contribution in [-0.2, 0) is 11.0 Å². The summed E-state index contributed by atoms with van der Waals surface area (Å²) < 4.78 is 51.4. The molecule has 3 N–H and O–H groups in total. The van der Waals surface area contributed by atoms with Crippen molar-refractivity contribution in [1.29, 1.82) is 0 Å². The molecule has 0 aromatic heterocycles. The Bertz CT molecular complexity index is 1420. The van der Waals surface area contributed by atoms with Crippen LogP contribution in [0.25, 0.3) is 0 Å². The van der Waals surface area contributed by atoms with Gasteiger partial charge in [0, 0.05) is 35.4 Å². The molecule has 0 bridgehead atoms. The van der Waals surface area contributed by atoms with Gasteiger partial charge in [-0.15, -0.1) is 0 Å². The molecular weight excluding hydrogens is 581 g/mol. The van der Waals surface area contributed by atoms with E-state index in [0.29, 0.717) is 11.8 Å². The standard InChI is InChI=1S/C32H35F3N2O7/c1-43-25-14-19(17-39)13-22-26-23(30(41)36-11-12-38)15-24(27(40)29(26)44-28(22)25)37(16-18-5-3-2-4-6-18)31(42)20-7-9-21(10-8-20)32(33,34)35/h7-10,13-15,17-18,24,26-27,29,38,40H,2-6,11-12,16H2,1H3,(H,36,41)/t24-,26+,27+,29+/m1/s1. The fraction of sp³-hybridized carbons (Fsp3) is 0.469. The number of hydrogen-bond donors (Lipinski definition) is 3. The minimum absolute atomic E-state index is 0.00994. The predicted molar refractivity (Wildman–Crippen MR) is 153 cm³/mol. The Morgan fingerprint density at radius 1 is 1.14 bits per heavy atom. The molecule has 1 aliphatic heterocycles. The van der Waals surface area contributed by atoms with Crippen LogP contribution in [0, 0.1) is 5.92 Å². The van der Waals surface area contributed by atoms with Crippen LogP contribution in [0.5, 0.6) is 11.5 Å². The van der Waals surface area contributed by atoms with E-state index < -0.39 is 47.7 Å². The van der Waals surface area contributed by atoms with E-state index in [-0.39, 0.29) is 53.8 Å². The Morgan fingerprint density at radius 3 is 2.45 bits per heavy atom. The third kappa shape index (κ3) is 6.18. The van der Waals surface area contributed by atoms with Crippen LogP contribution in [0.3, 0.4) is 0 Å². The average molecular weight is 617 g/mol. The topological polar surface area (TPSA) is 125 Å². The first-order valence-electron chi connectivity index (χ1n) is 14.7. The van der Waals surface area contributed by atoms with Gasteiger partial charge < -0.3 is 29.9 Å². The second kappa shape index (κ2) is 13.0. The summed E-state index contributed by atoms with van der Waals surface area (Å²) in [6.07, 6.45) is -0.182. The van der Waals surface area contributed by atoms with E-state index in [1.54, 1.807) is 6.07 Å². The minimum Gasteiger partial charge on any atom is -0.493 e. The molecule has 4 atom stereocenters. The van der Waals surface area contributed by atoms with E-state index in [0.717, 1.165) is 56.4 Å². The van der Waals surface area contributed by atoms with Crippen LogP contribution in [-0.4, -0.2) is 78.3 Å². The molecule has 9 nitrogen and oxygen atoms in total. The summed E-state index contributed by atoms with van der Waals surface area (Å²) in [7, 11) is 1.40. The third-order valence-corrected chi connectivity index (χ3v) is 8.67. The van der Waals surface area contributed by atoms with Gasteiger partial charge in [0.2, 0.25) is 5.91 Å². The van der Waals surface area contributed by atoms with E-state index in [9.17, 15) is 37.8 Å². The number of carbonyl (C=O) groups is 3. The van der Waals surface area contributed by atoms with Crippen LogP contribution in [0.15, 0.2) is 48.0 Å². The number of aliphatic hydroxyl groups is 2. The largest absolute Gasteiger partial charge is 0.493 e. The zero-order valence-electron chi connectivity index (χ0n) is 24.2. The first-order valence-corrected chi connectivity index (χ1v) is 14.7. The van der Waals surface area contributed by atoms with E-state index >= 15 is 0 Å². The summed E-state index contributed by atoms with van der Waals surface area (Å²) in [5.41, 5.74) is 0.00403. The molecular formula is C32H35F3N2O7. The molecule has 0 saturated heterocycles. The summed E-state index contributed by atoms with van der Waals surface area (Å²) in [6.45, 7) is -0.162. The number of halogens is 3. The lowest BCUT2D eigenvalue weighted by Crippen LogP contribution is -2.56. The normalized spacial score (nSPS) is 23.1. The van der Waals surface area contributed by atoms with Gasteiger partial charge in [-0.05, 0) is 61.2 Å². The average Bonchev–Trinajstić information content (AvgIpc) is 3.42. The van der Waals surface area contributed by atoms with Gasteiger partial charge in [0.15, 0.2) is 11.5 Å². The zero-order chi connectivity index (χ0) is 31.6. The van der Waals surface area contributed by atoms with Crippen LogP contribution in [0.4, 0.5) is 13.2 Å². The highest BCUT2D eigenvalue weighted by Gasteiger charge is 2.51. The third-order valence-electron chi connectivity index (χ3n) is 8.67. The summed E-state index contributed by atoms with van der Waals surface area (Å²) in [5.74, 6) is -1.41. The highest BCUT2D eigenvalue weighted by Crippen LogP contribution is 2.51. The van der Waals surface area contributed by atoms with Gasteiger partial charge in [0.05, 0.1) is 31.2 Å². The number of benzene rings is 2. The number of ether oxygens (including phenoxy) is 2. The molecule has 0 unspecified atom stereocenters. The molecule has 44 heavy (non-hydrogen) atoms. The van der Waals surface area contributed by atoms with Gasteiger partial charge in [0.1, 0.15) is 18.5 Å². The number of carbonyl (C=O) groups excluding carboxylic acids is 3. The van der Waals surface area contributed by atoms with Crippen LogP contribution >= 0.6 is 0 Å². The van der Waals surface area contributed by atoms with Crippen molar-refractivity contribution in [3.05, 3.63) is 70.3 Å². The number of alkyl halides is 3. The maximum atomic E-state index is 14.0. The fourth-order valence-electron chi connectivity index (χ4n) is 6.51. The number of aliphatic hydroxyl groups excluding tert-OH is 2. The molecule has 2 aromatic rings.